The minimum Gasteiger partial charge on any atom is -0.289 e. The second-order valence-electron chi connectivity index (χ2n) is 6.17. The number of carbonyl (C=O) groups excluding carboxylic acids is 1. The number of hydrogen-bond donors (Lipinski definition) is 0. The molecule has 122 valence electrons. The van der Waals surface area contributed by atoms with Crippen LogP contribution in [-0.4, -0.2) is 5.78 Å². The lowest BCUT2D eigenvalue weighted by Gasteiger charge is -2.00. The molecule has 1 heterocycles. The summed E-state index contributed by atoms with van der Waals surface area (Å²) < 4.78 is 2.14. The number of hydrogen-bond acceptors (Lipinski definition) is 1. The summed E-state index contributed by atoms with van der Waals surface area (Å²) in [6, 6.07) is 3.86. The predicted octanol–water partition coefficient (Wildman–Crippen LogP) is 4.82. The highest BCUT2D eigenvalue weighted by Crippen LogP contribution is 2.11. The van der Waals surface area contributed by atoms with Crippen molar-refractivity contribution in [1.82, 2.24) is 0 Å². The molecule has 2 nitrogen and oxygen atoms in total. The molecule has 0 unspecified atom stereocenters. The van der Waals surface area contributed by atoms with Gasteiger partial charge in [0.1, 0.15) is 6.54 Å². The van der Waals surface area contributed by atoms with Gasteiger partial charge in [-0.05, 0) is 18.6 Å². The number of allylic oxidation sites excluding steroid dienone is 6. The zero-order valence-electron chi connectivity index (χ0n) is 14.2. The van der Waals surface area contributed by atoms with Crippen molar-refractivity contribution in [2.75, 3.05) is 0 Å². The maximum atomic E-state index is 12.3. The van der Waals surface area contributed by atoms with Crippen LogP contribution in [0.15, 0.2) is 61.0 Å². The zero-order chi connectivity index (χ0) is 16.3. The minimum atomic E-state index is 0.0796. The average molecular weight is 310 g/mol. The number of carbonyl (C=O) groups is 1. The van der Waals surface area contributed by atoms with Crippen LogP contribution in [0.1, 0.15) is 55.8 Å². The summed E-state index contributed by atoms with van der Waals surface area (Å²) in [5.74, 6) is 0.342. The van der Waals surface area contributed by atoms with Crippen molar-refractivity contribution in [3.05, 3.63) is 66.5 Å². The van der Waals surface area contributed by atoms with Crippen LogP contribution in [0.25, 0.3) is 0 Å². The molecular weight excluding hydrogens is 282 g/mol. The van der Waals surface area contributed by atoms with E-state index in [1.807, 2.05) is 36.6 Å². The van der Waals surface area contributed by atoms with Crippen molar-refractivity contribution in [1.29, 1.82) is 0 Å². The molecule has 1 aromatic rings. The van der Waals surface area contributed by atoms with Crippen LogP contribution in [0.2, 0.25) is 0 Å². The van der Waals surface area contributed by atoms with Crippen LogP contribution in [-0.2, 0) is 6.54 Å². The molecule has 2 heteroatoms. The lowest BCUT2D eigenvalue weighted by Crippen LogP contribution is -2.33. The smallest absolute Gasteiger partial charge is 0.191 e. The fraction of sp³-hybridized carbons (Fsp3) is 0.429. The molecule has 2 rings (SSSR count). The normalized spacial score (nSPS) is 14.1. The summed E-state index contributed by atoms with van der Waals surface area (Å²) in [6.45, 7) is 3.23. The van der Waals surface area contributed by atoms with E-state index in [4.69, 9.17) is 0 Å². The number of unbranched alkanes of at least 4 members (excludes halogenated alkanes) is 5. The topological polar surface area (TPSA) is 20.9 Å². The quantitative estimate of drug-likeness (QED) is 0.263. The largest absolute Gasteiger partial charge is 0.289 e. The predicted molar refractivity (Wildman–Crippen MR) is 95.3 cm³/mol. The molecule has 0 spiro atoms. The van der Waals surface area contributed by atoms with Gasteiger partial charge < -0.3 is 0 Å². The SMILES string of the molecule is CCCCCCCC[n+]1cccc(C(=O)/C=C/C2C=CC=C2)c1. The number of aryl methyl sites for hydroxylation is 1. The molecular formula is C21H28NO+. The molecule has 23 heavy (non-hydrogen) atoms. The summed E-state index contributed by atoms with van der Waals surface area (Å²) in [5.41, 5.74) is 0.765. The molecule has 0 saturated carbocycles. The van der Waals surface area contributed by atoms with E-state index < -0.39 is 0 Å². The molecule has 0 bridgehead atoms. The van der Waals surface area contributed by atoms with Crippen LogP contribution in [0.3, 0.4) is 0 Å². The van der Waals surface area contributed by atoms with Gasteiger partial charge in [0.15, 0.2) is 18.2 Å². The molecule has 0 aromatic carbocycles. The Kier molecular flexibility index (Phi) is 7.51. The van der Waals surface area contributed by atoms with Crippen molar-refractivity contribution in [3.8, 4) is 0 Å². The van der Waals surface area contributed by atoms with Crippen LogP contribution in [0.4, 0.5) is 0 Å². The van der Waals surface area contributed by atoms with Gasteiger partial charge in [-0.3, -0.25) is 4.79 Å². The molecule has 0 aliphatic heterocycles. The van der Waals surface area contributed by atoms with Crippen LogP contribution >= 0.6 is 0 Å². The lowest BCUT2D eigenvalue weighted by molar-refractivity contribution is -0.697. The second-order valence-corrected chi connectivity index (χ2v) is 6.17. The number of rotatable bonds is 10. The highest BCUT2D eigenvalue weighted by Gasteiger charge is 2.09. The molecule has 0 atom stereocenters. The second kappa shape index (κ2) is 9.94. The standard InChI is InChI=1S/C21H28NO/c1-2-3-4-5-6-9-16-22-17-10-13-20(18-22)21(23)15-14-19-11-7-8-12-19/h7-8,10-15,17-19H,2-6,9,16H2,1H3/q+1/b15-14+. The summed E-state index contributed by atoms with van der Waals surface area (Å²) in [6.07, 6.45) is 23.6. The van der Waals surface area contributed by atoms with E-state index in [-0.39, 0.29) is 11.7 Å². The Bertz CT molecular complexity index is 571. The van der Waals surface area contributed by atoms with Gasteiger partial charge in [0, 0.05) is 18.4 Å². The summed E-state index contributed by atoms with van der Waals surface area (Å²) in [4.78, 5) is 12.3. The fourth-order valence-electron chi connectivity index (χ4n) is 2.75. The molecule has 0 fully saturated rings. The highest BCUT2D eigenvalue weighted by atomic mass is 16.1. The van der Waals surface area contributed by atoms with E-state index in [1.54, 1.807) is 6.08 Å². The van der Waals surface area contributed by atoms with Gasteiger partial charge in [0.05, 0.1) is 5.56 Å². The third kappa shape index (κ3) is 6.35. The first-order valence-electron chi connectivity index (χ1n) is 8.86. The zero-order valence-corrected chi connectivity index (χ0v) is 14.2. The van der Waals surface area contributed by atoms with Crippen molar-refractivity contribution in [2.24, 2.45) is 5.92 Å². The molecule has 1 aliphatic carbocycles. The third-order valence-corrected chi connectivity index (χ3v) is 4.16. The fourth-order valence-corrected chi connectivity index (χ4v) is 2.75. The summed E-state index contributed by atoms with van der Waals surface area (Å²) in [5, 5.41) is 0. The Hall–Kier alpha value is -1.96. The van der Waals surface area contributed by atoms with Crippen LogP contribution in [0.5, 0.6) is 0 Å². The van der Waals surface area contributed by atoms with Gasteiger partial charge in [0.25, 0.3) is 0 Å². The van der Waals surface area contributed by atoms with Gasteiger partial charge in [-0.15, -0.1) is 0 Å². The van der Waals surface area contributed by atoms with Crippen LogP contribution in [0, 0.1) is 5.92 Å². The number of aromatic nitrogens is 1. The first-order valence-corrected chi connectivity index (χ1v) is 8.86. The Morgan fingerprint density at radius 1 is 1.13 bits per heavy atom. The van der Waals surface area contributed by atoms with Crippen LogP contribution < -0.4 is 4.57 Å². The Balaban J connectivity index is 1.80. The van der Waals surface area contributed by atoms with Gasteiger partial charge in [-0.25, -0.2) is 4.57 Å². The maximum absolute atomic E-state index is 12.3. The Morgan fingerprint density at radius 3 is 2.65 bits per heavy atom. The first-order chi connectivity index (χ1) is 11.3. The Morgan fingerprint density at radius 2 is 1.87 bits per heavy atom. The van der Waals surface area contributed by atoms with E-state index in [0.29, 0.717) is 0 Å². The minimum absolute atomic E-state index is 0.0796. The van der Waals surface area contributed by atoms with Crippen molar-refractivity contribution in [3.63, 3.8) is 0 Å². The van der Waals surface area contributed by atoms with Gasteiger partial charge >= 0.3 is 0 Å². The summed E-state index contributed by atoms with van der Waals surface area (Å²) >= 11 is 0. The van der Waals surface area contributed by atoms with E-state index in [1.165, 1.54) is 38.5 Å². The maximum Gasteiger partial charge on any atom is 0.191 e. The molecule has 0 radical (unpaired) electrons. The summed E-state index contributed by atoms with van der Waals surface area (Å²) in [7, 11) is 0. The van der Waals surface area contributed by atoms with Gasteiger partial charge in [-0.1, -0.05) is 63.0 Å². The van der Waals surface area contributed by atoms with Crippen molar-refractivity contribution >= 4 is 5.78 Å². The Labute approximate surface area is 140 Å². The van der Waals surface area contributed by atoms with Crippen molar-refractivity contribution in [2.45, 2.75) is 52.0 Å². The average Bonchev–Trinajstić information content (AvgIpc) is 3.09. The lowest BCUT2D eigenvalue weighted by atomic mass is 10.1. The molecule has 1 aliphatic rings. The van der Waals surface area contributed by atoms with E-state index in [2.05, 4.69) is 29.8 Å². The van der Waals surface area contributed by atoms with Gasteiger partial charge in [-0.2, -0.15) is 0 Å². The number of ketones is 1. The van der Waals surface area contributed by atoms with E-state index in [9.17, 15) is 4.79 Å². The third-order valence-electron chi connectivity index (χ3n) is 4.16. The molecule has 0 saturated heterocycles. The first kappa shape index (κ1) is 17.4. The monoisotopic (exact) mass is 310 g/mol. The number of nitrogens with zero attached hydrogens (tertiary/aromatic N) is 1. The van der Waals surface area contributed by atoms with E-state index in [0.717, 1.165) is 12.1 Å². The molecule has 1 aromatic heterocycles. The van der Waals surface area contributed by atoms with Crippen molar-refractivity contribution < 1.29 is 9.36 Å². The molecule has 0 amide bonds. The highest BCUT2D eigenvalue weighted by molar-refractivity contribution is 6.04. The van der Waals surface area contributed by atoms with Gasteiger partial charge in [0.2, 0.25) is 0 Å². The van der Waals surface area contributed by atoms with E-state index >= 15 is 0 Å². The number of pyridine rings is 1. The molecule has 0 N–H and O–H groups in total.